The van der Waals surface area contributed by atoms with Crippen molar-refractivity contribution in [3.63, 3.8) is 0 Å². The monoisotopic (exact) mass is 577 g/mol. The number of hydrogen-bond donors (Lipinski definition) is 1. The van der Waals surface area contributed by atoms with E-state index >= 15 is 0 Å². The van der Waals surface area contributed by atoms with Gasteiger partial charge in [0, 0.05) is 16.7 Å². The highest BCUT2D eigenvalue weighted by Gasteiger charge is 2.32. The van der Waals surface area contributed by atoms with Gasteiger partial charge >= 0.3 is 0 Å². The van der Waals surface area contributed by atoms with Crippen LogP contribution in [0.25, 0.3) is 0 Å². The zero-order valence-electron chi connectivity index (χ0n) is 21.9. The summed E-state index contributed by atoms with van der Waals surface area (Å²) >= 11 is 6.17. The number of sulfonamides is 1. The summed E-state index contributed by atoms with van der Waals surface area (Å²) in [6.07, 6.45) is 0. The van der Waals surface area contributed by atoms with Gasteiger partial charge in [-0.1, -0.05) is 23.7 Å². The molecular formula is C26H28ClN3O8S. The first kappa shape index (κ1) is 29.5. The number of nitrogens with one attached hydrogen (secondary N) is 1. The SMILES string of the molecule is COc1ccc([C@H](C)NC(=O)CN(c2cc(Cl)ccc2OC)S(=O)(=O)c2ccc(C)c([N+](=O)[O-])c2)cc1OC. The van der Waals surface area contributed by atoms with Crippen LogP contribution in [-0.4, -0.2) is 47.1 Å². The molecule has 0 heterocycles. The van der Waals surface area contributed by atoms with Crippen molar-refractivity contribution in [3.8, 4) is 17.2 Å². The zero-order valence-corrected chi connectivity index (χ0v) is 23.5. The molecule has 3 rings (SSSR count). The number of carbonyl (C=O) groups excluding carboxylic acids is 1. The third-order valence-corrected chi connectivity index (χ3v) is 7.94. The van der Waals surface area contributed by atoms with Gasteiger partial charge in [0.25, 0.3) is 15.7 Å². The predicted octanol–water partition coefficient (Wildman–Crippen LogP) is 4.66. The van der Waals surface area contributed by atoms with E-state index in [1.807, 2.05) is 0 Å². The Morgan fingerprint density at radius 1 is 1.00 bits per heavy atom. The van der Waals surface area contributed by atoms with E-state index in [1.165, 1.54) is 58.6 Å². The minimum Gasteiger partial charge on any atom is -0.495 e. The third-order valence-electron chi connectivity index (χ3n) is 5.95. The predicted molar refractivity (Wildman–Crippen MR) is 146 cm³/mol. The van der Waals surface area contributed by atoms with Gasteiger partial charge < -0.3 is 19.5 Å². The second-order valence-corrected chi connectivity index (χ2v) is 10.7. The lowest BCUT2D eigenvalue weighted by Gasteiger charge is -2.26. The van der Waals surface area contributed by atoms with Gasteiger partial charge in [-0.15, -0.1) is 0 Å². The number of methoxy groups -OCH3 is 3. The summed E-state index contributed by atoms with van der Waals surface area (Å²) < 4.78 is 44.4. The molecule has 1 atom stereocenters. The molecule has 0 aliphatic carbocycles. The van der Waals surface area contributed by atoms with Crippen LogP contribution in [-0.2, 0) is 14.8 Å². The quantitative estimate of drug-likeness (QED) is 0.257. The molecule has 0 aliphatic rings. The molecule has 0 fully saturated rings. The molecule has 3 aromatic rings. The van der Waals surface area contributed by atoms with Crippen molar-refractivity contribution in [3.05, 3.63) is 80.9 Å². The minimum atomic E-state index is -4.50. The highest BCUT2D eigenvalue weighted by atomic mass is 35.5. The smallest absolute Gasteiger partial charge is 0.273 e. The van der Waals surface area contributed by atoms with Gasteiger partial charge in [-0.3, -0.25) is 19.2 Å². The molecule has 1 amide bonds. The van der Waals surface area contributed by atoms with Crippen LogP contribution < -0.4 is 23.8 Å². The Morgan fingerprint density at radius 3 is 2.26 bits per heavy atom. The Bertz CT molecular complexity index is 1500. The molecule has 0 aliphatic heterocycles. The number of hydrogen-bond acceptors (Lipinski definition) is 8. The molecule has 0 saturated heterocycles. The molecule has 0 bridgehead atoms. The fourth-order valence-corrected chi connectivity index (χ4v) is 5.46. The minimum absolute atomic E-state index is 0.0119. The standard InChI is InChI=1S/C26H28ClN3O8S/c1-16-6-9-20(14-21(16)30(32)33)39(34,35)29(22-13-19(27)8-11-23(22)36-3)15-26(31)28-17(2)18-7-10-24(37-4)25(12-18)38-5/h6-14,17H,15H2,1-5H3,(H,28,31)/t17-/m0/s1. The summed E-state index contributed by atoms with van der Waals surface area (Å²) in [5.74, 6) is 0.456. The lowest BCUT2D eigenvalue weighted by Crippen LogP contribution is -2.41. The number of anilines is 1. The van der Waals surface area contributed by atoms with Crippen molar-refractivity contribution in [2.24, 2.45) is 0 Å². The van der Waals surface area contributed by atoms with Crippen molar-refractivity contribution in [1.29, 1.82) is 0 Å². The summed E-state index contributed by atoms with van der Waals surface area (Å²) in [7, 11) is -0.166. The number of nitro benzene ring substituents is 1. The first-order valence-corrected chi connectivity index (χ1v) is 13.4. The molecule has 3 aromatic carbocycles. The maximum atomic E-state index is 13.8. The Hall–Kier alpha value is -4.03. The van der Waals surface area contributed by atoms with Crippen molar-refractivity contribution >= 4 is 38.9 Å². The first-order chi connectivity index (χ1) is 18.4. The number of nitrogens with zero attached hydrogens (tertiary/aromatic N) is 2. The van der Waals surface area contributed by atoms with Gasteiger partial charge in [0.2, 0.25) is 5.91 Å². The van der Waals surface area contributed by atoms with E-state index in [0.717, 1.165) is 10.4 Å². The lowest BCUT2D eigenvalue weighted by atomic mass is 10.1. The van der Waals surface area contributed by atoms with Crippen molar-refractivity contribution < 1.29 is 32.3 Å². The van der Waals surface area contributed by atoms with E-state index in [-0.39, 0.29) is 32.6 Å². The molecule has 1 N–H and O–H groups in total. The molecule has 0 spiro atoms. The second kappa shape index (κ2) is 12.2. The van der Waals surface area contributed by atoms with Gasteiger partial charge in [0.1, 0.15) is 12.3 Å². The van der Waals surface area contributed by atoms with Crippen LogP contribution in [0.2, 0.25) is 5.02 Å². The van der Waals surface area contributed by atoms with E-state index < -0.39 is 33.4 Å². The summed E-state index contributed by atoms with van der Waals surface area (Å²) in [6, 6.07) is 12.4. The molecular weight excluding hydrogens is 550 g/mol. The van der Waals surface area contributed by atoms with Crippen LogP contribution >= 0.6 is 11.6 Å². The molecule has 11 nitrogen and oxygen atoms in total. The van der Waals surface area contributed by atoms with Gasteiger partial charge in [-0.05, 0) is 55.8 Å². The molecule has 0 saturated carbocycles. The molecule has 0 unspecified atom stereocenters. The van der Waals surface area contributed by atoms with Crippen LogP contribution in [0.3, 0.4) is 0 Å². The Morgan fingerprint density at radius 2 is 1.64 bits per heavy atom. The van der Waals surface area contributed by atoms with Crippen LogP contribution in [0.4, 0.5) is 11.4 Å². The fraction of sp³-hybridized carbons (Fsp3) is 0.269. The maximum absolute atomic E-state index is 13.8. The Labute approximate surface area is 231 Å². The number of amides is 1. The van der Waals surface area contributed by atoms with Crippen molar-refractivity contribution in [2.75, 3.05) is 32.2 Å². The average molecular weight is 578 g/mol. The maximum Gasteiger partial charge on any atom is 0.273 e. The largest absolute Gasteiger partial charge is 0.495 e. The number of aryl methyl sites for hydroxylation is 1. The van der Waals surface area contributed by atoms with Gasteiger partial charge in [0.15, 0.2) is 11.5 Å². The number of nitro groups is 1. The van der Waals surface area contributed by atoms with Crippen LogP contribution in [0.5, 0.6) is 17.2 Å². The second-order valence-electron chi connectivity index (χ2n) is 8.44. The van der Waals surface area contributed by atoms with E-state index in [0.29, 0.717) is 17.1 Å². The number of rotatable bonds is 11. The number of halogens is 1. The van der Waals surface area contributed by atoms with Crippen LogP contribution in [0, 0.1) is 17.0 Å². The van der Waals surface area contributed by atoms with E-state index in [9.17, 15) is 23.3 Å². The van der Waals surface area contributed by atoms with Crippen molar-refractivity contribution in [2.45, 2.75) is 24.8 Å². The zero-order chi connectivity index (χ0) is 28.9. The Kier molecular flexibility index (Phi) is 9.25. The lowest BCUT2D eigenvalue weighted by molar-refractivity contribution is -0.385. The molecule has 0 aromatic heterocycles. The Balaban J connectivity index is 2.02. The number of ether oxygens (including phenoxy) is 3. The highest BCUT2D eigenvalue weighted by Crippen LogP contribution is 2.36. The number of benzene rings is 3. The van der Waals surface area contributed by atoms with Gasteiger partial charge in [-0.25, -0.2) is 8.42 Å². The summed E-state index contributed by atoms with van der Waals surface area (Å²) in [4.78, 5) is 23.7. The average Bonchev–Trinajstić information content (AvgIpc) is 2.91. The third kappa shape index (κ3) is 6.52. The van der Waals surface area contributed by atoms with E-state index in [1.54, 1.807) is 25.1 Å². The molecule has 0 radical (unpaired) electrons. The van der Waals surface area contributed by atoms with Crippen molar-refractivity contribution in [1.82, 2.24) is 5.32 Å². The van der Waals surface area contributed by atoms with Crippen LogP contribution in [0.15, 0.2) is 59.5 Å². The topological polar surface area (TPSA) is 137 Å². The summed E-state index contributed by atoms with van der Waals surface area (Å²) in [5, 5.41) is 14.5. The highest BCUT2D eigenvalue weighted by molar-refractivity contribution is 7.92. The summed E-state index contributed by atoms with van der Waals surface area (Å²) in [6.45, 7) is 2.55. The van der Waals surface area contributed by atoms with Gasteiger partial charge in [-0.2, -0.15) is 0 Å². The number of carbonyl (C=O) groups is 1. The van der Waals surface area contributed by atoms with Gasteiger partial charge in [0.05, 0.1) is 42.9 Å². The van der Waals surface area contributed by atoms with Crippen LogP contribution in [0.1, 0.15) is 24.1 Å². The van der Waals surface area contributed by atoms with E-state index in [2.05, 4.69) is 5.32 Å². The first-order valence-electron chi connectivity index (χ1n) is 11.6. The molecule has 208 valence electrons. The summed E-state index contributed by atoms with van der Waals surface area (Å²) in [5.41, 5.74) is 0.583. The molecule has 39 heavy (non-hydrogen) atoms. The normalized spacial score (nSPS) is 11.8. The molecule has 13 heteroatoms. The fourth-order valence-electron chi connectivity index (χ4n) is 3.85. The van der Waals surface area contributed by atoms with E-state index in [4.69, 9.17) is 25.8 Å².